The zero-order valence-corrected chi connectivity index (χ0v) is 13.3. The molecule has 1 unspecified atom stereocenters. The molecule has 21 heavy (non-hydrogen) atoms. The van der Waals surface area contributed by atoms with Gasteiger partial charge in [-0.15, -0.1) is 0 Å². The monoisotopic (exact) mass is 364 g/mol. The van der Waals surface area contributed by atoms with Gasteiger partial charge in [0.25, 0.3) is 0 Å². The van der Waals surface area contributed by atoms with Crippen LogP contribution in [0, 0.1) is 5.92 Å². The number of anilines is 1. The smallest absolute Gasteiger partial charge is 0.380 e. The number of benzene rings is 1. The van der Waals surface area contributed by atoms with E-state index in [2.05, 4.69) is 21.2 Å². The minimum atomic E-state index is -4.32. The molecule has 1 aliphatic rings. The number of nitrogens with two attached hydrogens (primary N) is 1. The molecule has 1 saturated carbocycles. The molecule has 118 valence electrons. The Balaban J connectivity index is 2.10. The molecule has 3 N–H and O–H groups in total. The predicted molar refractivity (Wildman–Crippen MR) is 82.2 cm³/mol. The quantitative estimate of drug-likeness (QED) is 0.805. The summed E-state index contributed by atoms with van der Waals surface area (Å²) in [5, 5.41) is 3.31. The first kappa shape index (κ1) is 16.6. The lowest BCUT2D eigenvalue weighted by molar-refractivity contribution is -0.137. The van der Waals surface area contributed by atoms with Crippen molar-refractivity contribution < 1.29 is 13.2 Å². The molecule has 6 heteroatoms. The SMILES string of the molecule is NCC(Nc1ccc(C(F)(F)F)cc1Br)C1CCCCC1. The van der Waals surface area contributed by atoms with E-state index in [9.17, 15) is 13.2 Å². The summed E-state index contributed by atoms with van der Waals surface area (Å²) in [6.07, 6.45) is 1.61. The minimum absolute atomic E-state index is 0.110. The fourth-order valence-corrected chi connectivity index (χ4v) is 3.41. The van der Waals surface area contributed by atoms with E-state index >= 15 is 0 Å². The Hall–Kier alpha value is -0.750. The van der Waals surface area contributed by atoms with Crippen LogP contribution in [0.4, 0.5) is 18.9 Å². The first-order chi connectivity index (χ1) is 9.91. The summed E-state index contributed by atoms with van der Waals surface area (Å²) in [6.45, 7) is 0.484. The molecule has 0 amide bonds. The van der Waals surface area contributed by atoms with E-state index in [1.807, 2.05) is 0 Å². The van der Waals surface area contributed by atoms with Crippen molar-refractivity contribution in [3.8, 4) is 0 Å². The van der Waals surface area contributed by atoms with E-state index in [-0.39, 0.29) is 6.04 Å². The van der Waals surface area contributed by atoms with Crippen molar-refractivity contribution in [1.82, 2.24) is 0 Å². The molecular weight excluding hydrogens is 345 g/mol. The summed E-state index contributed by atoms with van der Waals surface area (Å²) in [6, 6.07) is 3.79. The van der Waals surface area contributed by atoms with Gasteiger partial charge in [0.05, 0.1) is 5.56 Å². The van der Waals surface area contributed by atoms with E-state index in [1.165, 1.54) is 25.3 Å². The van der Waals surface area contributed by atoms with Crippen LogP contribution in [0.5, 0.6) is 0 Å². The third-order valence-electron chi connectivity index (χ3n) is 4.11. The van der Waals surface area contributed by atoms with Crippen LogP contribution in [0.3, 0.4) is 0 Å². The molecule has 0 aromatic heterocycles. The van der Waals surface area contributed by atoms with E-state index < -0.39 is 11.7 Å². The summed E-state index contributed by atoms with van der Waals surface area (Å²) in [4.78, 5) is 0. The van der Waals surface area contributed by atoms with Gasteiger partial charge in [0.1, 0.15) is 0 Å². The van der Waals surface area contributed by atoms with E-state index in [4.69, 9.17) is 5.73 Å². The molecular formula is C15H20BrF3N2. The Labute approximate surface area is 131 Å². The second-order valence-corrected chi connectivity index (χ2v) is 6.43. The van der Waals surface area contributed by atoms with Crippen LogP contribution < -0.4 is 11.1 Å². The van der Waals surface area contributed by atoms with Gasteiger partial charge in [0, 0.05) is 22.7 Å². The van der Waals surface area contributed by atoms with Gasteiger partial charge in [0.15, 0.2) is 0 Å². The van der Waals surface area contributed by atoms with Gasteiger partial charge in [-0.05, 0) is 52.9 Å². The maximum absolute atomic E-state index is 12.7. The molecule has 0 spiro atoms. The summed E-state index contributed by atoms with van der Waals surface area (Å²) < 4.78 is 38.4. The van der Waals surface area contributed by atoms with Crippen molar-refractivity contribution in [2.24, 2.45) is 11.7 Å². The third kappa shape index (κ3) is 4.36. The molecule has 1 aromatic rings. The maximum Gasteiger partial charge on any atom is 0.416 e. The van der Waals surface area contributed by atoms with Gasteiger partial charge in [0.2, 0.25) is 0 Å². The molecule has 0 aliphatic heterocycles. The lowest BCUT2D eigenvalue weighted by atomic mass is 9.84. The number of hydrogen-bond donors (Lipinski definition) is 2. The number of nitrogens with one attached hydrogen (secondary N) is 1. The lowest BCUT2D eigenvalue weighted by Gasteiger charge is -2.31. The first-order valence-electron chi connectivity index (χ1n) is 7.25. The lowest BCUT2D eigenvalue weighted by Crippen LogP contribution is -2.37. The molecule has 1 fully saturated rings. The van der Waals surface area contributed by atoms with Gasteiger partial charge < -0.3 is 11.1 Å². The summed E-state index contributed by atoms with van der Waals surface area (Å²) >= 11 is 3.22. The summed E-state index contributed by atoms with van der Waals surface area (Å²) in [5.41, 5.74) is 5.86. The highest BCUT2D eigenvalue weighted by Crippen LogP contribution is 2.35. The maximum atomic E-state index is 12.7. The van der Waals surface area contributed by atoms with E-state index in [0.717, 1.165) is 25.0 Å². The van der Waals surface area contributed by atoms with Gasteiger partial charge >= 0.3 is 6.18 Å². The Kier molecular flexibility index (Phi) is 5.54. The Morgan fingerprint density at radius 3 is 2.43 bits per heavy atom. The van der Waals surface area contributed by atoms with Crippen LogP contribution in [0.15, 0.2) is 22.7 Å². The van der Waals surface area contributed by atoms with Crippen LogP contribution in [-0.4, -0.2) is 12.6 Å². The van der Waals surface area contributed by atoms with Gasteiger partial charge in [-0.2, -0.15) is 13.2 Å². The molecule has 1 atom stereocenters. The highest BCUT2D eigenvalue weighted by Gasteiger charge is 2.31. The summed E-state index contributed by atoms with van der Waals surface area (Å²) in [5.74, 6) is 0.498. The molecule has 0 radical (unpaired) electrons. The zero-order chi connectivity index (χ0) is 15.5. The highest BCUT2D eigenvalue weighted by molar-refractivity contribution is 9.10. The zero-order valence-electron chi connectivity index (χ0n) is 11.7. The topological polar surface area (TPSA) is 38.0 Å². The van der Waals surface area contributed by atoms with Crippen molar-refractivity contribution in [3.05, 3.63) is 28.2 Å². The predicted octanol–water partition coefficient (Wildman–Crippen LogP) is 4.79. The Bertz CT molecular complexity index is 470. The largest absolute Gasteiger partial charge is 0.416 e. The molecule has 2 nitrogen and oxygen atoms in total. The molecule has 1 aliphatic carbocycles. The van der Waals surface area contributed by atoms with Crippen molar-refractivity contribution in [1.29, 1.82) is 0 Å². The van der Waals surface area contributed by atoms with Crippen LogP contribution in [-0.2, 0) is 6.18 Å². The van der Waals surface area contributed by atoms with Crippen molar-refractivity contribution in [2.45, 2.75) is 44.3 Å². The Morgan fingerprint density at radius 2 is 1.90 bits per heavy atom. The minimum Gasteiger partial charge on any atom is -0.380 e. The summed E-state index contributed by atoms with van der Waals surface area (Å²) in [7, 11) is 0. The highest BCUT2D eigenvalue weighted by atomic mass is 79.9. The molecule has 0 bridgehead atoms. The van der Waals surface area contributed by atoms with Crippen molar-refractivity contribution in [3.63, 3.8) is 0 Å². The second kappa shape index (κ2) is 7.01. The second-order valence-electron chi connectivity index (χ2n) is 5.58. The van der Waals surface area contributed by atoms with Crippen LogP contribution >= 0.6 is 15.9 Å². The van der Waals surface area contributed by atoms with Crippen LogP contribution in [0.2, 0.25) is 0 Å². The number of hydrogen-bond acceptors (Lipinski definition) is 2. The third-order valence-corrected chi connectivity index (χ3v) is 4.77. The fraction of sp³-hybridized carbons (Fsp3) is 0.600. The van der Waals surface area contributed by atoms with Gasteiger partial charge in [-0.1, -0.05) is 19.3 Å². The number of alkyl halides is 3. The van der Waals surface area contributed by atoms with E-state index in [1.54, 1.807) is 0 Å². The molecule has 0 saturated heterocycles. The molecule has 2 rings (SSSR count). The van der Waals surface area contributed by atoms with Gasteiger partial charge in [-0.3, -0.25) is 0 Å². The number of halogens is 4. The first-order valence-corrected chi connectivity index (χ1v) is 8.04. The van der Waals surface area contributed by atoms with Crippen molar-refractivity contribution >= 4 is 21.6 Å². The van der Waals surface area contributed by atoms with Crippen LogP contribution in [0.1, 0.15) is 37.7 Å². The average Bonchev–Trinajstić information content (AvgIpc) is 2.46. The molecule has 1 aromatic carbocycles. The van der Waals surface area contributed by atoms with Gasteiger partial charge in [-0.25, -0.2) is 0 Å². The fourth-order valence-electron chi connectivity index (χ4n) is 2.91. The average molecular weight is 365 g/mol. The standard InChI is InChI=1S/C15H20BrF3N2/c16-12-8-11(15(17,18)19)6-7-13(12)21-14(9-20)10-4-2-1-3-5-10/h6-8,10,14,21H,1-5,9,20H2. The van der Waals surface area contributed by atoms with Crippen LogP contribution in [0.25, 0.3) is 0 Å². The number of rotatable bonds is 4. The molecule has 0 heterocycles. The normalized spacial score (nSPS) is 18.5. The van der Waals surface area contributed by atoms with Crippen molar-refractivity contribution in [2.75, 3.05) is 11.9 Å². The van der Waals surface area contributed by atoms with E-state index in [0.29, 0.717) is 22.6 Å². The Morgan fingerprint density at radius 1 is 1.24 bits per heavy atom.